The smallest absolute Gasteiger partial charge is 0.274 e. The summed E-state index contributed by atoms with van der Waals surface area (Å²) in [4.78, 5) is 17.4. The van der Waals surface area contributed by atoms with Gasteiger partial charge in [-0.1, -0.05) is 25.1 Å². The van der Waals surface area contributed by atoms with E-state index in [2.05, 4.69) is 10.3 Å². The van der Waals surface area contributed by atoms with Gasteiger partial charge in [0.05, 0.1) is 5.75 Å². The molecule has 1 aliphatic rings. The van der Waals surface area contributed by atoms with Crippen LogP contribution >= 0.6 is 0 Å². The van der Waals surface area contributed by atoms with Crippen molar-refractivity contribution in [2.45, 2.75) is 25.0 Å². The van der Waals surface area contributed by atoms with E-state index < -0.39 is 21.6 Å². The van der Waals surface area contributed by atoms with Crippen LogP contribution in [0.5, 0.6) is 0 Å². The van der Waals surface area contributed by atoms with Crippen molar-refractivity contribution in [1.29, 1.82) is 0 Å². The van der Waals surface area contributed by atoms with E-state index in [0.29, 0.717) is 11.3 Å². The number of rotatable bonds is 4. The second kappa shape index (κ2) is 6.87. The van der Waals surface area contributed by atoms with Gasteiger partial charge in [-0.2, -0.15) is 0 Å². The Labute approximate surface area is 162 Å². The molecule has 4 rings (SSSR count). The molecular weight excluding hydrogens is 381 g/mol. The van der Waals surface area contributed by atoms with Gasteiger partial charge in [-0.05, 0) is 42.3 Å². The van der Waals surface area contributed by atoms with Gasteiger partial charge in [0.2, 0.25) is 15.0 Å². The van der Waals surface area contributed by atoms with Crippen molar-refractivity contribution in [2.24, 2.45) is 0 Å². The highest BCUT2D eigenvalue weighted by atomic mass is 32.2. The zero-order valence-corrected chi connectivity index (χ0v) is 16.0. The molecular formula is C20H18FN3O3S. The van der Waals surface area contributed by atoms with Crippen LogP contribution in [0.2, 0.25) is 0 Å². The van der Waals surface area contributed by atoms with E-state index in [1.807, 2.05) is 25.1 Å². The number of imidazole rings is 1. The van der Waals surface area contributed by atoms with Crippen LogP contribution in [0.15, 0.2) is 53.7 Å². The molecule has 144 valence electrons. The Morgan fingerprint density at radius 2 is 1.89 bits per heavy atom. The van der Waals surface area contributed by atoms with Crippen molar-refractivity contribution in [3.8, 4) is 11.3 Å². The van der Waals surface area contributed by atoms with Gasteiger partial charge in [0.15, 0.2) is 0 Å². The highest BCUT2D eigenvalue weighted by Crippen LogP contribution is 2.31. The van der Waals surface area contributed by atoms with Gasteiger partial charge in [0.25, 0.3) is 5.91 Å². The van der Waals surface area contributed by atoms with Gasteiger partial charge in [-0.25, -0.2) is 17.8 Å². The molecule has 1 N–H and O–H groups in total. The highest BCUT2D eigenvalue weighted by Gasteiger charge is 2.35. The van der Waals surface area contributed by atoms with E-state index in [9.17, 15) is 17.6 Å². The van der Waals surface area contributed by atoms with E-state index in [-0.39, 0.29) is 28.8 Å². The van der Waals surface area contributed by atoms with Crippen LogP contribution in [-0.2, 0) is 22.8 Å². The summed E-state index contributed by atoms with van der Waals surface area (Å²) in [6, 6.07) is 12.9. The van der Waals surface area contributed by atoms with Gasteiger partial charge >= 0.3 is 0 Å². The third-order valence-corrected chi connectivity index (χ3v) is 6.36. The lowest BCUT2D eigenvalue weighted by molar-refractivity contribution is 0.101. The fourth-order valence-corrected chi connectivity index (χ4v) is 4.71. The number of halogens is 1. The number of anilines is 1. The number of aryl methyl sites for hydroxylation is 1. The number of aromatic nitrogens is 2. The van der Waals surface area contributed by atoms with Crippen molar-refractivity contribution in [3.05, 3.63) is 65.6 Å². The third-order valence-electron chi connectivity index (χ3n) is 4.77. The van der Waals surface area contributed by atoms with E-state index in [1.54, 1.807) is 6.07 Å². The average molecular weight is 399 g/mol. The molecule has 0 atom stereocenters. The molecule has 1 amide bonds. The fraction of sp³-hybridized carbons (Fsp3) is 0.200. The molecule has 2 heterocycles. The number of carbonyl (C=O) groups is 1. The maximum Gasteiger partial charge on any atom is 0.274 e. The Bertz CT molecular complexity index is 1170. The van der Waals surface area contributed by atoms with E-state index in [1.165, 1.54) is 28.8 Å². The van der Waals surface area contributed by atoms with Gasteiger partial charge < -0.3 is 9.88 Å². The summed E-state index contributed by atoms with van der Waals surface area (Å²) in [5.74, 6) is -0.965. The predicted molar refractivity (Wildman–Crippen MR) is 103 cm³/mol. The van der Waals surface area contributed by atoms with Crippen LogP contribution in [0.4, 0.5) is 10.1 Å². The molecule has 0 saturated heterocycles. The van der Waals surface area contributed by atoms with Gasteiger partial charge in [0, 0.05) is 17.8 Å². The molecule has 0 saturated carbocycles. The zero-order valence-electron chi connectivity index (χ0n) is 15.1. The number of nitrogens with zero attached hydrogens (tertiary/aromatic N) is 2. The lowest BCUT2D eigenvalue weighted by Crippen LogP contribution is -2.18. The van der Waals surface area contributed by atoms with Gasteiger partial charge in [-0.3, -0.25) is 4.79 Å². The molecule has 8 heteroatoms. The Kier molecular flexibility index (Phi) is 4.50. The lowest BCUT2D eigenvalue weighted by atomic mass is 10.1. The number of hydrogen-bond donors (Lipinski definition) is 1. The molecule has 0 aliphatic carbocycles. The Morgan fingerprint density at radius 3 is 2.61 bits per heavy atom. The summed E-state index contributed by atoms with van der Waals surface area (Å²) in [7, 11) is -3.54. The molecule has 28 heavy (non-hydrogen) atoms. The zero-order chi connectivity index (χ0) is 19.9. The summed E-state index contributed by atoms with van der Waals surface area (Å²) < 4.78 is 39.4. The molecule has 1 aromatic heterocycles. The average Bonchev–Trinajstić information content (AvgIpc) is 3.20. The number of benzene rings is 2. The molecule has 1 aliphatic heterocycles. The first-order valence-electron chi connectivity index (χ1n) is 8.89. The largest absolute Gasteiger partial charge is 0.320 e. The third kappa shape index (κ3) is 3.09. The van der Waals surface area contributed by atoms with Crippen LogP contribution in [0.25, 0.3) is 11.3 Å². The maximum absolute atomic E-state index is 13.3. The Morgan fingerprint density at radius 1 is 1.18 bits per heavy atom. The first-order chi connectivity index (χ1) is 13.4. The Hall–Kier alpha value is -3.00. The number of sulfone groups is 1. The first-order valence-corrected chi connectivity index (χ1v) is 10.5. The first kappa shape index (κ1) is 18.4. The minimum Gasteiger partial charge on any atom is -0.320 e. The number of fused-ring (bicyclic) bond motifs is 1. The number of para-hydroxylation sites is 1. The molecule has 2 aromatic carbocycles. The number of carbonyl (C=O) groups excluding carboxylic acids is 1. The topological polar surface area (TPSA) is 81.1 Å². The second-order valence-electron chi connectivity index (χ2n) is 6.53. The summed E-state index contributed by atoms with van der Waals surface area (Å²) >= 11 is 0. The summed E-state index contributed by atoms with van der Waals surface area (Å²) in [5.41, 5.74) is 2.50. The van der Waals surface area contributed by atoms with Crippen LogP contribution in [0.3, 0.4) is 0 Å². The minimum atomic E-state index is -3.54. The van der Waals surface area contributed by atoms with E-state index >= 15 is 0 Å². The van der Waals surface area contributed by atoms with E-state index in [4.69, 9.17) is 0 Å². The van der Waals surface area contributed by atoms with Crippen molar-refractivity contribution >= 4 is 21.4 Å². The predicted octanol–water partition coefficient (Wildman–Crippen LogP) is 3.29. The molecule has 3 aromatic rings. The number of nitrogens with one attached hydrogen (secondary N) is 1. The molecule has 6 nitrogen and oxygen atoms in total. The van der Waals surface area contributed by atoms with Crippen LogP contribution in [0.1, 0.15) is 23.0 Å². The molecule has 0 unspecified atom stereocenters. The number of amides is 1. The second-order valence-corrected chi connectivity index (χ2v) is 8.54. The molecule has 0 bridgehead atoms. The van der Waals surface area contributed by atoms with Gasteiger partial charge in [-0.15, -0.1) is 0 Å². The van der Waals surface area contributed by atoms with Gasteiger partial charge in [0.1, 0.15) is 17.2 Å². The van der Waals surface area contributed by atoms with Crippen LogP contribution in [0, 0.1) is 5.82 Å². The molecule has 0 fully saturated rings. The van der Waals surface area contributed by atoms with Crippen molar-refractivity contribution in [3.63, 3.8) is 0 Å². The molecule has 0 spiro atoms. The SMILES string of the molecule is CCc1ccccc1NC(=O)c1c(-c2ccc(F)cc2)nc2n1CCS2(=O)=O. The summed E-state index contributed by atoms with van der Waals surface area (Å²) in [6.45, 7) is 2.14. The maximum atomic E-state index is 13.3. The summed E-state index contributed by atoms with van der Waals surface area (Å²) in [5, 5.41) is 2.75. The quantitative estimate of drug-likeness (QED) is 0.730. The van der Waals surface area contributed by atoms with Crippen LogP contribution < -0.4 is 5.32 Å². The number of hydrogen-bond acceptors (Lipinski definition) is 4. The lowest BCUT2D eigenvalue weighted by Gasteiger charge is -2.12. The monoisotopic (exact) mass is 399 g/mol. The standard InChI is InChI=1S/C20H18FN3O3S/c1-2-13-5-3-4-6-16(13)22-19(25)18-17(14-7-9-15(21)10-8-14)23-20-24(18)11-12-28(20,26)27/h3-10H,2,11-12H2,1H3,(H,22,25). The Balaban J connectivity index is 1.83. The van der Waals surface area contributed by atoms with Crippen molar-refractivity contribution in [1.82, 2.24) is 9.55 Å². The van der Waals surface area contributed by atoms with Crippen LogP contribution in [-0.4, -0.2) is 29.6 Å². The van der Waals surface area contributed by atoms with Crippen molar-refractivity contribution < 1.29 is 17.6 Å². The van der Waals surface area contributed by atoms with E-state index in [0.717, 1.165) is 12.0 Å². The summed E-state index contributed by atoms with van der Waals surface area (Å²) in [6.07, 6.45) is 0.736. The fourth-order valence-electron chi connectivity index (χ4n) is 3.35. The minimum absolute atomic E-state index is 0.0924. The molecule has 0 radical (unpaired) electrons. The normalized spacial score (nSPS) is 14.6. The van der Waals surface area contributed by atoms with Crippen molar-refractivity contribution in [2.75, 3.05) is 11.1 Å². The highest BCUT2D eigenvalue weighted by molar-refractivity contribution is 7.91.